The highest BCUT2D eigenvalue weighted by atomic mass is 19.2. The van der Waals surface area contributed by atoms with E-state index in [2.05, 4.69) is 0 Å². The van der Waals surface area contributed by atoms with Crippen LogP contribution < -0.4 is 4.74 Å². The molecule has 0 aliphatic heterocycles. The molecule has 22 heavy (non-hydrogen) atoms. The Bertz CT molecular complexity index is 619. The minimum atomic E-state index is -0.862. The predicted octanol–water partition coefficient (Wildman–Crippen LogP) is 2.97. The normalized spacial score (nSPS) is 11.0. The summed E-state index contributed by atoms with van der Waals surface area (Å²) in [5.41, 5.74) is 1.19. The van der Waals surface area contributed by atoms with Crippen molar-refractivity contribution < 1.29 is 18.6 Å². The molecular formula is C17H19F2NO2. The van der Waals surface area contributed by atoms with Crippen molar-refractivity contribution in [1.29, 1.82) is 0 Å². The van der Waals surface area contributed by atoms with Gasteiger partial charge < -0.3 is 9.84 Å². The Kier molecular flexibility index (Phi) is 5.86. The summed E-state index contributed by atoms with van der Waals surface area (Å²) in [5.74, 6) is -0.977. The number of methoxy groups -OCH3 is 1. The largest absolute Gasteiger partial charge is 0.496 e. The van der Waals surface area contributed by atoms with Crippen molar-refractivity contribution in [3.63, 3.8) is 0 Å². The first-order valence-electron chi connectivity index (χ1n) is 7.03. The van der Waals surface area contributed by atoms with Crippen molar-refractivity contribution in [2.45, 2.75) is 13.1 Å². The molecule has 5 heteroatoms. The van der Waals surface area contributed by atoms with Gasteiger partial charge in [0.05, 0.1) is 13.7 Å². The lowest BCUT2D eigenvalue weighted by Gasteiger charge is -2.23. The maximum absolute atomic E-state index is 13.8. The number of nitrogens with zero attached hydrogens (tertiary/aromatic N) is 1. The molecule has 0 amide bonds. The molecule has 2 aromatic carbocycles. The third-order valence-corrected chi connectivity index (χ3v) is 3.43. The van der Waals surface area contributed by atoms with Gasteiger partial charge in [0.1, 0.15) is 5.75 Å². The summed E-state index contributed by atoms with van der Waals surface area (Å²) >= 11 is 0. The van der Waals surface area contributed by atoms with E-state index in [0.29, 0.717) is 13.1 Å². The van der Waals surface area contributed by atoms with E-state index >= 15 is 0 Å². The summed E-state index contributed by atoms with van der Waals surface area (Å²) in [6, 6.07) is 11.6. The van der Waals surface area contributed by atoms with Crippen molar-refractivity contribution in [1.82, 2.24) is 4.90 Å². The number of aliphatic hydroxyl groups excluding tert-OH is 1. The molecule has 0 radical (unpaired) electrons. The number of halogens is 2. The zero-order valence-electron chi connectivity index (χ0n) is 12.4. The van der Waals surface area contributed by atoms with E-state index in [1.165, 1.54) is 6.07 Å². The van der Waals surface area contributed by atoms with E-state index in [9.17, 15) is 13.9 Å². The summed E-state index contributed by atoms with van der Waals surface area (Å²) in [4.78, 5) is 1.84. The Balaban J connectivity index is 2.18. The Morgan fingerprint density at radius 2 is 1.68 bits per heavy atom. The number of aliphatic hydroxyl groups is 1. The molecule has 0 spiro atoms. The molecule has 0 aliphatic carbocycles. The van der Waals surface area contributed by atoms with E-state index < -0.39 is 11.6 Å². The second-order valence-corrected chi connectivity index (χ2v) is 4.96. The Labute approximate surface area is 128 Å². The molecule has 1 N–H and O–H groups in total. The SMILES string of the molecule is COc1ccccc1CN(CCO)Cc1cccc(F)c1F. The van der Waals surface area contributed by atoms with Crippen LogP contribution >= 0.6 is 0 Å². The van der Waals surface area contributed by atoms with Crippen molar-refractivity contribution >= 4 is 0 Å². The van der Waals surface area contributed by atoms with Gasteiger partial charge in [-0.25, -0.2) is 8.78 Å². The molecule has 0 saturated carbocycles. The van der Waals surface area contributed by atoms with Crippen molar-refractivity contribution in [2.75, 3.05) is 20.3 Å². The highest BCUT2D eigenvalue weighted by molar-refractivity contribution is 5.33. The number of para-hydroxylation sites is 1. The molecule has 2 aromatic rings. The summed E-state index contributed by atoms with van der Waals surface area (Å²) in [5, 5.41) is 9.20. The summed E-state index contributed by atoms with van der Waals surface area (Å²) in [7, 11) is 1.58. The third-order valence-electron chi connectivity index (χ3n) is 3.43. The minimum absolute atomic E-state index is 0.0634. The van der Waals surface area contributed by atoms with Crippen molar-refractivity contribution in [2.24, 2.45) is 0 Å². The van der Waals surface area contributed by atoms with Crippen LogP contribution in [0.3, 0.4) is 0 Å². The molecule has 0 saturated heterocycles. The topological polar surface area (TPSA) is 32.7 Å². The highest BCUT2D eigenvalue weighted by Gasteiger charge is 2.14. The first kappa shape index (κ1) is 16.4. The van der Waals surface area contributed by atoms with Crippen molar-refractivity contribution in [3.8, 4) is 5.75 Å². The molecule has 118 valence electrons. The second-order valence-electron chi connectivity index (χ2n) is 4.96. The summed E-state index contributed by atoms with van der Waals surface area (Å²) in [6.07, 6.45) is 0. The Hall–Kier alpha value is -1.98. The van der Waals surface area contributed by atoms with Crippen LogP contribution in [0.1, 0.15) is 11.1 Å². The average Bonchev–Trinajstić information content (AvgIpc) is 2.52. The van der Waals surface area contributed by atoms with Gasteiger partial charge in [0, 0.05) is 30.8 Å². The van der Waals surface area contributed by atoms with E-state index in [1.54, 1.807) is 13.2 Å². The standard InChI is InChI=1S/C17H19F2NO2/c1-22-16-8-3-2-5-13(16)11-20(9-10-21)12-14-6-4-7-15(18)17(14)19/h2-8,21H,9-12H2,1H3. The Morgan fingerprint density at radius 3 is 2.41 bits per heavy atom. The van der Waals surface area contributed by atoms with Gasteiger partial charge in [0.25, 0.3) is 0 Å². The molecule has 0 fully saturated rings. The molecule has 2 rings (SSSR count). The zero-order valence-corrected chi connectivity index (χ0v) is 12.4. The number of hydrogen-bond donors (Lipinski definition) is 1. The maximum atomic E-state index is 13.8. The number of benzene rings is 2. The van der Waals surface area contributed by atoms with Crippen LogP contribution in [-0.4, -0.2) is 30.3 Å². The first-order valence-corrected chi connectivity index (χ1v) is 7.03. The van der Waals surface area contributed by atoms with Gasteiger partial charge in [-0.3, -0.25) is 4.90 Å². The monoisotopic (exact) mass is 307 g/mol. The van der Waals surface area contributed by atoms with E-state index in [4.69, 9.17) is 4.74 Å². The van der Waals surface area contributed by atoms with Crippen LogP contribution in [0, 0.1) is 11.6 Å². The van der Waals surface area contributed by atoms with Gasteiger partial charge in [0.2, 0.25) is 0 Å². The third kappa shape index (κ3) is 4.02. The number of rotatable bonds is 7. The lowest BCUT2D eigenvalue weighted by molar-refractivity contribution is 0.181. The number of ether oxygens (including phenoxy) is 1. The maximum Gasteiger partial charge on any atom is 0.163 e. The predicted molar refractivity (Wildman–Crippen MR) is 80.6 cm³/mol. The van der Waals surface area contributed by atoms with Crippen LogP contribution in [0.5, 0.6) is 5.75 Å². The Morgan fingerprint density at radius 1 is 1.00 bits per heavy atom. The zero-order chi connectivity index (χ0) is 15.9. The molecule has 0 atom stereocenters. The van der Waals surface area contributed by atoms with Gasteiger partial charge in [-0.2, -0.15) is 0 Å². The fourth-order valence-electron chi connectivity index (χ4n) is 2.34. The minimum Gasteiger partial charge on any atom is -0.496 e. The summed E-state index contributed by atoms with van der Waals surface area (Å²) in [6.45, 7) is 0.975. The molecule has 0 aromatic heterocycles. The van der Waals surface area contributed by atoms with E-state index in [0.717, 1.165) is 17.4 Å². The van der Waals surface area contributed by atoms with Gasteiger partial charge >= 0.3 is 0 Å². The van der Waals surface area contributed by atoms with Crippen LogP contribution in [0.2, 0.25) is 0 Å². The number of hydrogen-bond acceptors (Lipinski definition) is 3. The van der Waals surface area contributed by atoms with Crippen LogP contribution in [-0.2, 0) is 13.1 Å². The summed E-state index contributed by atoms with van der Waals surface area (Å²) < 4.78 is 32.4. The smallest absolute Gasteiger partial charge is 0.163 e. The quantitative estimate of drug-likeness (QED) is 0.853. The molecule has 0 unspecified atom stereocenters. The van der Waals surface area contributed by atoms with Crippen molar-refractivity contribution in [3.05, 3.63) is 65.2 Å². The fourth-order valence-corrected chi connectivity index (χ4v) is 2.34. The van der Waals surface area contributed by atoms with Crippen LogP contribution in [0.4, 0.5) is 8.78 Å². The average molecular weight is 307 g/mol. The van der Waals surface area contributed by atoms with Gasteiger partial charge in [-0.1, -0.05) is 30.3 Å². The fraction of sp³-hybridized carbons (Fsp3) is 0.294. The van der Waals surface area contributed by atoms with Gasteiger partial charge in [0.15, 0.2) is 11.6 Å². The van der Waals surface area contributed by atoms with E-state index in [-0.39, 0.29) is 18.7 Å². The first-order chi connectivity index (χ1) is 10.7. The molecule has 0 bridgehead atoms. The lowest BCUT2D eigenvalue weighted by atomic mass is 10.1. The van der Waals surface area contributed by atoms with Gasteiger partial charge in [-0.15, -0.1) is 0 Å². The second kappa shape index (κ2) is 7.87. The molecule has 0 aliphatic rings. The van der Waals surface area contributed by atoms with E-state index in [1.807, 2.05) is 29.2 Å². The molecule has 0 heterocycles. The van der Waals surface area contributed by atoms with Crippen LogP contribution in [0.15, 0.2) is 42.5 Å². The van der Waals surface area contributed by atoms with Gasteiger partial charge in [-0.05, 0) is 12.1 Å². The molecule has 3 nitrogen and oxygen atoms in total. The lowest BCUT2D eigenvalue weighted by Crippen LogP contribution is -2.27. The molecular weight excluding hydrogens is 288 g/mol. The highest BCUT2D eigenvalue weighted by Crippen LogP contribution is 2.21. The van der Waals surface area contributed by atoms with Crippen LogP contribution in [0.25, 0.3) is 0 Å².